The summed E-state index contributed by atoms with van der Waals surface area (Å²) in [6, 6.07) is 4.73. The largest absolute Gasteiger partial charge is 0.507 e. The molecule has 0 saturated carbocycles. The van der Waals surface area contributed by atoms with E-state index in [2.05, 4.69) is 16.7 Å². The van der Waals surface area contributed by atoms with Crippen LogP contribution in [0.15, 0.2) is 18.2 Å². The van der Waals surface area contributed by atoms with Gasteiger partial charge in [-0.25, -0.2) is 0 Å². The molecule has 1 aliphatic heterocycles. The zero-order valence-electron chi connectivity index (χ0n) is 11.9. The molecule has 1 aromatic carbocycles. The lowest BCUT2D eigenvalue weighted by Crippen LogP contribution is -2.47. The van der Waals surface area contributed by atoms with E-state index in [1.165, 1.54) is 6.07 Å². The summed E-state index contributed by atoms with van der Waals surface area (Å²) in [4.78, 5) is 15.6. The fourth-order valence-electron chi connectivity index (χ4n) is 2.34. The second-order valence-corrected chi connectivity index (χ2v) is 4.96. The third-order valence-corrected chi connectivity index (χ3v) is 3.71. The second kappa shape index (κ2) is 7.26. The number of phenols is 1. The van der Waals surface area contributed by atoms with Crippen LogP contribution < -0.4 is 4.74 Å². The van der Waals surface area contributed by atoms with E-state index >= 15 is 0 Å². The summed E-state index contributed by atoms with van der Waals surface area (Å²) in [6.07, 6.45) is 0.631. The average molecular weight is 278 g/mol. The summed E-state index contributed by atoms with van der Waals surface area (Å²) in [5.41, 5.74) is 0.263. The van der Waals surface area contributed by atoms with Gasteiger partial charge in [0.1, 0.15) is 18.1 Å². The van der Waals surface area contributed by atoms with E-state index in [4.69, 9.17) is 4.74 Å². The minimum Gasteiger partial charge on any atom is -0.507 e. The van der Waals surface area contributed by atoms with Crippen LogP contribution in [0.5, 0.6) is 11.5 Å². The summed E-state index contributed by atoms with van der Waals surface area (Å²) in [5.74, 6) is 0.611. The number of carbonyl (C=O) groups is 1. The number of hydrogen-bond donors (Lipinski definition) is 1. The van der Waals surface area contributed by atoms with Crippen molar-refractivity contribution < 1.29 is 14.6 Å². The number of aldehydes is 1. The molecule has 1 heterocycles. The van der Waals surface area contributed by atoms with Crippen LogP contribution in [0.3, 0.4) is 0 Å². The molecule has 0 unspecified atom stereocenters. The van der Waals surface area contributed by atoms with Crippen molar-refractivity contribution in [2.24, 2.45) is 0 Å². The summed E-state index contributed by atoms with van der Waals surface area (Å²) in [5, 5.41) is 9.41. The number of phenolic OH excluding ortho intramolecular Hbond substituents is 1. The quantitative estimate of drug-likeness (QED) is 0.793. The average Bonchev–Trinajstić information content (AvgIpc) is 2.49. The van der Waals surface area contributed by atoms with Crippen LogP contribution in [0, 0.1) is 0 Å². The first kappa shape index (κ1) is 14.8. The molecule has 2 rings (SSSR count). The fourth-order valence-corrected chi connectivity index (χ4v) is 2.34. The number of piperazine rings is 1. The molecule has 0 amide bonds. The molecule has 0 radical (unpaired) electrons. The van der Waals surface area contributed by atoms with Gasteiger partial charge in [-0.15, -0.1) is 0 Å². The molecule has 1 aromatic rings. The van der Waals surface area contributed by atoms with Gasteiger partial charge in [-0.05, 0) is 24.7 Å². The monoisotopic (exact) mass is 278 g/mol. The van der Waals surface area contributed by atoms with Crippen molar-refractivity contribution in [3.05, 3.63) is 23.8 Å². The predicted molar refractivity (Wildman–Crippen MR) is 77.5 cm³/mol. The Kier molecular flexibility index (Phi) is 5.38. The van der Waals surface area contributed by atoms with E-state index in [0.29, 0.717) is 18.6 Å². The van der Waals surface area contributed by atoms with Crippen LogP contribution in [0.4, 0.5) is 0 Å². The summed E-state index contributed by atoms with van der Waals surface area (Å²) in [6.45, 7) is 9.17. The molecular weight excluding hydrogens is 256 g/mol. The van der Waals surface area contributed by atoms with Crippen LogP contribution in [-0.2, 0) is 0 Å². The Balaban J connectivity index is 1.75. The number of nitrogens with zero attached hydrogens (tertiary/aromatic N) is 2. The minimum absolute atomic E-state index is 0.0111. The smallest absolute Gasteiger partial charge is 0.153 e. The Morgan fingerprint density at radius 3 is 2.60 bits per heavy atom. The Labute approximate surface area is 119 Å². The van der Waals surface area contributed by atoms with Gasteiger partial charge in [-0.2, -0.15) is 0 Å². The van der Waals surface area contributed by atoms with Gasteiger partial charge in [0.2, 0.25) is 0 Å². The maximum atomic E-state index is 10.7. The lowest BCUT2D eigenvalue weighted by Gasteiger charge is -2.33. The molecule has 5 nitrogen and oxygen atoms in total. The normalized spacial score (nSPS) is 17.1. The van der Waals surface area contributed by atoms with Gasteiger partial charge in [0.05, 0.1) is 5.56 Å². The number of benzene rings is 1. The van der Waals surface area contributed by atoms with E-state index < -0.39 is 0 Å². The number of carbonyl (C=O) groups excluding carboxylic acids is 1. The van der Waals surface area contributed by atoms with Crippen molar-refractivity contribution in [2.75, 3.05) is 45.9 Å². The van der Waals surface area contributed by atoms with Crippen LogP contribution in [0.1, 0.15) is 17.3 Å². The summed E-state index contributed by atoms with van der Waals surface area (Å²) in [7, 11) is 0. The first-order chi connectivity index (χ1) is 9.72. The van der Waals surface area contributed by atoms with E-state index in [9.17, 15) is 9.90 Å². The molecule has 20 heavy (non-hydrogen) atoms. The first-order valence-electron chi connectivity index (χ1n) is 7.08. The van der Waals surface area contributed by atoms with Crippen LogP contribution in [0.2, 0.25) is 0 Å². The van der Waals surface area contributed by atoms with E-state index in [0.717, 1.165) is 39.3 Å². The highest BCUT2D eigenvalue weighted by atomic mass is 16.5. The standard InChI is InChI=1S/C15H22N2O3/c1-2-16-5-7-17(8-6-16)9-10-20-14-3-4-15(19)13(11-14)12-18/h3-4,11-12,19H,2,5-10H2,1H3. The molecule has 1 fully saturated rings. The van der Waals surface area contributed by atoms with Crippen LogP contribution >= 0.6 is 0 Å². The van der Waals surface area contributed by atoms with Crippen LogP contribution in [0.25, 0.3) is 0 Å². The Morgan fingerprint density at radius 2 is 1.95 bits per heavy atom. The van der Waals surface area contributed by atoms with Crippen molar-refractivity contribution >= 4 is 6.29 Å². The highest BCUT2D eigenvalue weighted by Gasteiger charge is 2.14. The molecule has 110 valence electrons. The number of ether oxygens (including phenoxy) is 1. The lowest BCUT2D eigenvalue weighted by atomic mass is 10.2. The first-order valence-corrected chi connectivity index (χ1v) is 7.08. The molecule has 1 aliphatic rings. The number of rotatable bonds is 6. The Morgan fingerprint density at radius 1 is 1.25 bits per heavy atom. The van der Waals surface area contributed by atoms with Gasteiger partial charge < -0.3 is 14.7 Å². The van der Waals surface area contributed by atoms with Gasteiger partial charge >= 0.3 is 0 Å². The van der Waals surface area contributed by atoms with Crippen molar-refractivity contribution in [1.29, 1.82) is 0 Å². The predicted octanol–water partition coefficient (Wildman–Crippen LogP) is 1.22. The lowest BCUT2D eigenvalue weighted by molar-refractivity contribution is 0.111. The zero-order chi connectivity index (χ0) is 14.4. The van der Waals surface area contributed by atoms with Crippen molar-refractivity contribution in [3.63, 3.8) is 0 Å². The SMILES string of the molecule is CCN1CCN(CCOc2ccc(O)c(C=O)c2)CC1. The highest BCUT2D eigenvalue weighted by Crippen LogP contribution is 2.21. The summed E-state index contributed by atoms with van der Waals surface area (Å²) < 4.78 is 5.63. The third kappa shape index (κ3) is 3.95. The molecule has 5 heteroatoms. The second-order valence-electron chi connectivity index (χ2n) is 4.96. The van der Waals surface area contributed by atoms with Gasteiger partial charge in [0, 0.05) is 32.7 Å². The van der Waals surface area contributed by atoms with E-state index in [1.54, 1.807) is 12.1 Å². The van der Waals surface area contributed by atoms with Crippen molar-refractivity contribution in [3.8, 4) is 11.5 Å². The Hall–Kier alpha value is -1.59. The maximum absolute atomic E-state index is 10.7. The highest BCUT2D eigenvalue weighted by molar-refractivity contribution is 5.79. The van der Waals surface area contributed by atoms with Gasteiger partial charge in [0.25, 0.3) is 0 Å². The molecular formula is C15H22N2O3. The van der Waals surface area contributed by atoms with Crippen LogP contribution in [-0.4, -0.2) is 67.1 Å². The number of hydrogen-bond acceptors (Lipinski definition) is 5. The van der Waals surface area contributed by atoms with Crippen molar-refractivity contribution in [1.82, 2.24) is 9.80 Å². The zero-order valence-corrected chi connectivity index (χ0v) is 11.9. The van der Waals surface area contributed by atoms with Gasteiger partial charge in [-0.3, -0.25) is 9.69 Å². The molecule has 0 bridgehead atoms. The van der Waals surface area contributed by atoms with E-state index in [1.807, 2.05) is 0 Å². The van der Waals surface area contributed by atoms with Gasteiger partial charge in [-0.1, -0.05) is 6.92 Å². The molecule has 0 spiro atoms. The summed E-state index contributed by atoms with van der Waals surface area (Å²) >= 11 is 0. The van der Waals surface area contributed by atoms with E-state index in [-0.39, 0.29) is 11.3 Å². The van der Waals surface area contributed by atoms with Crippen molar-refractivity contribution in [2.45, 2.75) is 6.92 Å². The molecule has 0 aromatic heterocycles. The molecule has 1 saturated heterocycles. The Bertz CT molecular complexity index is 443. The number of aromatic hydroxyl groups is 1. The topological polar surface area (TPSA) is 53.0 Å². The maximum Gasteiger partial charge on any atom is 0.153 e. The number of likely N-dealkylation sites (N-methyl/N-ethyl adjacent to an activating group) is 1. The third-order valence-electron chi connectivity index (χ3n) is 3.71. The van der Waals surface area contributed by atoms with Gasteiger partial charge in [0.15, 0.2) is 6.29 Å². The molecule has 1 N–H and O–H groups in total. The molecule has 0 aliphatic carbocycles. The molecule has 0 atom stereocenters. The minimum atomic E-state index is -0.0111. The fraction of sp³-hybridized carbons (Fsp3) is 0.533.